The normalized spacial score (nSPS) is 23.9. The number of aryl methyl sites for hydroxylation is 1. The third-order valence-electron chi connectivity index (χ3n) is 3.28. The van der Waals surface area contributed by atoms with E-state index in [1.807, 2.05) is 6.92 Å². The van der Waals surface area contributed by atoms with Crippen LogP contribution in [0, 0.1) is 0 Å². The number of halogens is 3. The first kappa shape index (κ1) is 13.9. The van der Waals surface area contributed by atoms with Gasteiger partial charge in [-0.1, -0.05) is 6.92 Å². The Hall–Kier alpha value is -1.50. The molecule has 4 nitrogen and oxygen atoms in total. The molecule has 1 aliphatic heterocycles. The van der Waals surface area contributed by atoms with Gasteiger partial charge in [-0.15, -0.1) is 0 Å². The minimum Gasteiger partial charge on any atom is -0.456 e. The predicted octanol–water partition coefficient (Wildman–Crippen LogP) is 1.98. The summed E-state index contributed by atoms with van der Waals surface area (Å²) in [4.78, 5) is 12.9. The number of β-amino-alcohol motifs (C(OH)–C–C–N with tert-alkyl or cyclic N) is 1. The van der Waals surface area contributed by atoms with Crippen LogP contribution >= 0.6 is 0 Å². The molecule has 0 aliphatic carbocycles. The summed E-state index contributed by atoms with van der Waals surface area (Å²) >= 11 is 0. The Morgan fingerprint density at radius 1 is 1.53 bits per heavy atom. The maximum Gasteiger partial charge on any atom is 0.419 e. The van der Waals surface area contributed by atoms with Crippen molar-refractivity contribution in [2.24, 2.45) is 0 Å². The SMILES string of the molecule is CCc1ccc(C(=O)N2CC[C@@](O)(C(F)(F)F)C2)o1. The topological polar surface area (TPSA) is 53.7 Å². The molecule has 0 saturated carbocycles. The summed E-state index contributed by atoms with van der Waals surface area (Å²) < 4.78 is 43.1. The molecule has 1 aromatic rings. The molecule has 0 unspecified atom stereocenters. The Morgan fingerprint density at radius 2 is 2.21 bits per heavy atom. The zero-order valence-corrected chi connectivity index (χ0v) is 10.3. The average molecular weight is 277 g/mol. The van der Waals surface area contributed by atoms with E-state index in [4.69, 9.17) is 4.42 Å². The lowest BCUT2D eigenvalue weighted by Crippen LogP contribution is -2.48. The molecule has 2 rings (SSSR count). The number of hydrogen-bond acceptors (Lipinski definition) is 3. The lowest BCUT2D eigenvalue weighted by Gasteiger charge is -2.25. The molecule has 1 N–H and O–H groups in total. The van der Waals surface area contributed by atoms with Crippen molar-refractivity contribution in [3.63, 3.8) is 0 Å². The van der Waals surface area contributed by atoms with Crippen molar-refractivity contribution in [3.8, 4) is 0 Å². The second-order valence-electron chi connectivity index (χ2n) is 4.63. The first-order chi connectivity index (χ1) is 8.77. The standard InChI is InChI=1S/C12H14F3NO3/c1-2-8-3-4-9(19-8)10(17)16-6-5-11(18,7-16)12(13,14)15/h3-4,18H,2,5-7H2,1H3/t11-/m0/s1. The monoisotopic (exact) mass is 277 g/mol. The number of alkyl halides is 3. The summed E-state index contributed by atoms with van der Waals surface area (Å²) in [6.45, 7) is 0.944. The molecule has 1 fully saturated rings. The zero-order valence-electron chi connectivity index (χ0n) is 10.3. The maximum absolute atomic E-state index is 12.6. The van der Waals surface area contributed by atoms with E-state index in [-0.39, 0.29) is 12.3 Å². The number of carbonyl (C=O) groups excluding carboxylic acids is 1. The molecule has 19 heavy (non-hydrogen) atoms. The fourth-order valence-electron chi connectivity index (χ4n) is 2.04. The van der Waals surface area contributed by atoms with Crippen LogP contribution in [0.25, 0.3) is 0 Å². The molecule has 1 aromatic heterocycles. The van der Waals surface area contributed by atoms with Crippen molar-refractivity contribution < 1.29 is 27.5 Å². The van der Waals surface area contributed by atoms with Crippen molar-refractivity contribution in [2.45, 2.75) is 31.5 Å². The number of nitrogens with zero attached hydrogens (tertiary/aromatic N) is 1. The Labute approximate surface area is 107 Å². The lowest BCUT2D eigenvalue weighted by atomic mass is 10.0. The zero-order chi connectivity index (χ0) is 14.3. The van der Waals surface area contributed by atoms with Crippen molar-refractivity contribution in [2.75, 3.05) is 13.1 Å². The van der Waals surface area contributed by atoms with Crippen molar-refractivity contribution in [1.82, 2.24) is 4.90 Å². The highest BCUT2D eigenvalue weighted by Crippen LogP contribution is 2.38. The van der Waals surface area contributed by atoms with Crippen LogP contribution in [0.4, 0.5) is 13.2 Å². The van der Waals surface area contributed by atoms with E-state index in [1.165, 1.54) is 6.07 Å². The van der Waals surface area contributed by atoms with Gasteiger partial charge in [-0.25, -0.2) is 0 Å². The van der Waals surface area contributed by atoms with E-state index in [9.17, 15) is 23.1 Å². The summed E-state index contributed by atoms with van der Waals surface area (Å²) in [5, 5.41) is 9.50. The van der Waals surface area contributed by atoms with E-state index in [2.05, 4.69) is 0 Å². The molecule has 0 aromatic carbocycles. The quantitative estimate of drug-likeness (QED) is 0.899. The number of likely N-dealkylation sites (tertiary alicyclic amines) is 1. The van der Waals surface area contributed by atoms with Gasteiger partial charge in [0.1, 0.15) is 5.76 Å². The molecule has 1 amide bonds. The minimum atomic E-state index is -4.74. The van der Waals surface area contributed by atoms with E-state index in [1.54, 1.807) is 6.07 Å². The molecule has 106 valence electrons. The number of amides is 1. The summed E-state index contributed by atoms with van der Waals surface area (Å²) in [5.41, 5.74) is -2.82. The van der Waals surface area contributed by atoms with Crippen LogP contribution in [-0.4, -0.2) is 40.8 Å². The number of furan rings is 1. The fourth-order valence-corrected chi connectivity index (χ4v) is 2.04. The van der Waals surface area contributed by atoms with Gasteiger partial charge < -0.3 is 14.4 Å². The Bertz CT molecular complexity index is 483. The van der Waals surface area contributed by atoms with Crippen LogP contribution in [0.15, 0.2) is 16.5 Å². The molecular weight excluding hydrogens is 263 g/mol. The fraction of sp³-hybridized carbons (Fsp3) is 0.583. The number of aliphatic hydroxyl groups is 1. The minimum absolute atomic E-state index is 0.00303. The summed E-state index contributed by atoms with van der Waals surface area (Å²) in [7, 11) is 0. The highest BCUT2D eigenvalue weighted by Gasteiger charge is 2.58. The summed E-state index contributed by atoms with van der Waals surface area (Å²) in [6.07, 6.45) is -4.65. The van der Waals surface area contributed by atoms with Gasteiger partial charge in [0.05, 0.1) is 6.54 Å². The summed E-state index contributed by atoms with van der Waals surface area (Å²) in [5.74, 6) is -0.0308. The molecule has 2 heterocycles. The van der Waals surface area contributed by atoms with Gasteiger partial charge >= 0.3 is 6.18 Å². The molecule has 1 saturated heterocycles. The van der Waals surface area contributed by atoms with E-state index < -0.39 is 30.7 Å². The molecule has 0 bridgehead atoms. The predicted molar refractivity (Wildman–Crippen MR) is 59.6 cm³/mol. The summed E-state index contributed by atoms with van der Waals surface area (Å²) in [6, 6.07) is 3.05. The van der Waals surface area contributed by atoms with Gasteiger partial charge in [-0.3, -0.25) is 4.79 Å². The van der Waals surface area contributed by atoms with Gasteiger partial charge in [0, 0.05) is 19.4 Å². The smallest absolute Gasteiger partial charge is 0.419 e. The number of rotatable bonds is 2. The first-order valence-corrected chi connectivity index (χ1v) is 5.94. The van der Waals surface area contributed by atoms with E-state index in [0.717, 1.165) is 4.90 Å². The molecule has 1 atom stereocenters. The highest BCUT2D eigenvalue weighted by molar-refractivity contribution is 5.91. The van der Waals surface area contributed by atoms with Crippen LogP contribution in [0.2, 0.25) is 0 Å². The van der Waals surface area contributed by atoms with Crippen molar-refractivity contribution in [3.05, 3.63) is 23.7 Å². The van der Waals surface area contributed by atoms with E-state index >= 15 is 0 Å². The average Bonchev–Trinajstić information content (AvgIpc) is 2.94. The van der Waals surface area contributed by atoms with Crippen LogP contribution in [-0.2, 0) is 6.42 Å². The third-order valence-corrected chi connectivity index (χ3v) is 3.28. The van der Waals surface area contributed by atoms with Crippen molar-refractivity contribution in [1.29, 1.82) is 0 Å². The van der Waals surface area contributed by atoms with Crippen molar-refractivity contribution >= 4 is 5.91 Å². The Morgan fingerprint density at radius 3 is 2.68 bits per heavy atom. The lowest BCUT2D eigenvalue weighted by molar-refractivity contribution is -0.253. The van der Waals surface area contributed by atoms with Crippen LogP contribution < -0.4 is 0 Å². The van der Waals surface area contributed by atoms with E-state index in [0.29, 0.717) is 12.2 Å². The van der Waals surface area contributed by atoms with Crippen LogP contribution in [0.1, 0.15) is 29.7 Å². The first-order valence-electron chi connectivity index (χ1n) is 5.94. The van der Waals surface area contributed by atoms with Gasteiger partial charge in [-0.2, -0.15) is 13.2 Å². The number of hydrogen-bond donors (Lipinski definition) is 1. The second kappa shape index (κ2) is 4.56. The Balaban J connectivity index is 2.11. The molecule has 7 heteroatoms. The maximum atomic E-state index is 12.6. The van der Waals surface area contributed by atoms with Gasteiger partial charge in [0.2, 0.25) is 0 Å². The second-order valence-corrected chi connectivity index (χ2v) is 4.63. The third kappa shape index (κ3) is 2.47. The molecule has 0 radical (unpaired) electrons. The molecule has 0 spiro atoms. The number of carbonyl (C=O) groups is 1. The largest absolute Gasteiger partial charge is 0.456 e. The van der Waals surface area contributed by atoms with Gasteiger partial charge in [0.15, 0.2) is 11.4 Å². The van der Waals surface area contributed by atoms with Crippen LogP contribution in [0.5, 0.6) is 0 Å². The highest BCUT2D eigenvalue weighted by atomic mass is 19.4. The Kier molecular flexibility index (Phi) is 3.34. The van der Waals surface area contributed by atoms with Gasteiger partial charge in [-0.05, 0) is 12.1 Å². The van der Waals surface area contributed by atoms with Gasteiger partial charge in [0.25, 0.3) is 5.91 Å². The molecular formula is C12H14F3NO3. The van der Waals surface area contributed by atoms with Crippen LogP contribution in [0.3, 0.4) is 0 Å². The molecule has 1 aliphatic rings.